The molecule has 0 heterocycles. The predicted octanol–water partition coefficient (Wildman–Crippen LogP) is 2.28. The van der Waals surface area contributed by atoms with E-state index in [2.05, 4.69) is 10.6 Å². The SMILES string of the molecule is CC(C)N(C)C(=O)c1ccc(CNC(=O)CNC(=O)Cc2cccc(F)c2)cc1. The fraction of sp³-hybridized carbons (Fsp3) is 0.318. The van der Waals surface area contributed by atoms with Crippen LogP contribution in [-0.4, -0.2) is 42.3 Å². The van der Waals surface area contributed by atoms with Gasteiger partial charge in [0, 0.05) is 25.2 Å². The third kappa shape index (κ3) is 7.03. The minimum atomic E-state index is -0.406. The maximum absolute atomic E-state index is 13.1. The van der Waals surface area contributed by atoms with E-state index in [0.717, 1.165) is 5.56 Å². The summed E-state index contributed by atoms with van der Waals surface area (Å²) in [5.74, 6) is -1.16. The molecule has 2 aromatic rings. The van der Waals surface area contributed by atoms with E-state index in [9.17, 15) is 18.8 Å². The van der Waals surface area contributed by atoms with E-state index in [1.807, 2.05) is 13.8 Å². The van der Waals surface area contributed by atoms with Crippen LogP contribution in [0.2, 0.25) is 0 Å². The van der Waals surface area contributed by atoms with Crippen LogP contribution in [0.25, 0.3) is 0 Å². The Morgan fingerprint density at radius 2 is 1.66 bits per heavy atom. The van der Waals surface area contributed by atoms with E-state index in [1.165, 1.54) is 18.2 Å². The zero-order chi connectivity index (χ0) is 21.4. The monoisotopic (exact) mass is 399 g/mol. The highest BCUT2D eigenvalue weighted by Crippen LogP contribution is 2.09. The van der Waals surface area contributed by atoms with Crippen molar-refractivity contribution in [1.82, 2.24) is 15.5 Å². The first-order valence-electron chi connectivity index (χ1n) is 9.40. The smallest absolute Gasteiger partial charge is 0.253 e. The van der Waals surface area contributed by atoms with Gasteiger partial charge < -0.3 is 15.5 Å². The Hall–Kier alpha value is -3.22. The second-order valence-electron chi connectivity index (χ2n) is 7.07. The highest BCUT2D eigenvalue weighted by atomic mass is 19.1. The number of carbonyl (C=O) groups excluding carboxylic acids is 3. The molecule has 0 atom stereocenters. The molecule has 0 fully saturated rings. The molecule has 0 aliphatic heterocycles. The van der Waals surface area contributed by atoms with Crippen LogP contribution in [0.1, 0.15) is 35.3 Å². The summed E-state index contributed by atoms with van der Waals surface area (Å²) in [5, 5.41) is 5.22. The summed E-state index contributed by atoms with van der Waals surface area (Å²) in [6.07, 6.45) is 0.00531. The molecule has 0 aliphatic rings. The molecule has 2 aromatic carbocycles. The molecular formula is C22H26FN3O3. The van der Waals surface area contributed by atoms with Crippen molar-refractivity contribution >= 4 is 17.7 Å². The quantitative estimate of drug-likeness (QED) is 0.715. The Morgan fingerprint density at radius 1 is 0.966 bits per heavy atom. The maximum atomic E-state index is 13.1. The third-order valence-corrected chi connectivity index (χ3v) is 4.49. The van der Waals surface area contributed by atoms with Crippen molar-refractivity contribution in [3.8, 4) is 0 Å². The van der Waals surface area contributed by atoms with Crippen LogP contribution < -0.4 is 10.6 Å². The summed E-state index contributed by atoms with van der Waals surface area (Å²) in [7, 11) is 1.75. The third-order valence-electron chi connectivity index (χ3n) is 4.49. The van der Waals surface area contributed by atoms with E-state index < -0.39 is 5.82 Å². The van der Waals surface area contributed by atoms with Crippen molar-refractivity contribution in [3.63, 3.8) is 0 Å². The molecule has 0 unspecified atom stereocenters. The first-order valence-corrected chi connectivity index (χ1v) is 9.40. The average molecular weight is 399 g/mol. The van der Waals surface area contributed by atoms with Gasteiger partial charge in [0.2, 0.25) is 11.8 Å². The van der Waals surface area contributed by atoms with Gasteiger partial charge in [-0.2, -0.15) is 0 Å². The number of hydrogen-bond donors (Lipinski definition) is 2. The number of nitrogens with one attached hydrogen (secondary N) is 2. The Balaban J connectivity index is 1.76. The predicted molar refractivity (Wildman–Crippen MR) is 109 cm³/mol. The van der Waals surface area contributed by atoms with Crippen molar-refractivity contribution in [2.24, 2.45) is 0 Å². The van der Waals surface area contributed by atoms with Gasteiger partial charge in [-0.3, -0.25) is 14.4 Å². The summed E-state index contributed by atoms with van der Waals surface area (Å²) in [6.45, 7) is 4.01. The first kappa shape index (κ1) is 22.1. The normalized spacial score (nSPS) is 10.5. The standard InChI is InChI=1S/C22H26FN3O3/c1-15(2)26(3)22(29)18-9-7-16(8-10-18)13-24-21(28)14-25-20(27)12-17-5-4-6-19(23)11-17/h4-11,15H,12-14H2,1-3H3,(H,24,28)(H,25,27). The van der Waals surface area contributed by atoms with Crippen molar-refractivity contribution in [2.45, 2.75) is 32.9 Å². The van der Waals surface area contributed by atoms with Gasteiger partial charge in [0.05, 0.1) is 13.0 Å². The van der Waals surface area contributed by atoms with Gasteiger partial charge in [0.25, 0.3) is 5.91 Å². The zero-order valence-corrected chi connectivity index (χ0v) is 16.9. The largest absolute Gasteiger partial charge is 0.350 e. The minimum Gasteiger partial charge on any atom is -0.350 e. The summed E-state index contributed by atoms with van der Waals surface area (Å²) in [5.41, 5.74) is 1.97. The fourth-order valence-electron chi connectivity index (χ4n) is 2.54. The van der Waals surface area contributed by atoms with Crippen molar-refractivity contribution < 1.29 is 18.8 Å². The van der Waals surface area contributed by atoms with E-state index in [1.54, 1.807) is 42.3 Å². The number of carbonyl (C=O) groups is 3. The molecule has 0 bridgehead atoms. The summed E-state index contributed by atoms with van der Waals surface area (Å²) in [4.78, 5) is 37.7. The second-order valence-corrected chi connectivity index (χ2v) is 7.07. The Morgan fingerprint density at radius 3 is 2.28 bits per heavy atom. The van der Waals surface area contributed by atoms with Crippen LogP contribution in [0.5, 0.6) is 0 Å². The van der Waals surface area contributed by atoms with Crippen LogP contribution in [0, 0.1) is 5.82 Å². The molecule has 3 amide bonds. The van der Waals surface area contributed by atoms with Gasteiger partial charge in [-0.25, -0.2) is 4.39 Å². The zero-order valence-electron chi connectivity index (χ0n) is 16.9. The Kier molecular flexibility index (Phi) is 7.88. The van der Waals surface area contributed by atoms with Gasteiger partial charge >= 0.3 is 0 Å². The van der Waals surface area contributed by atoms with Gasteiger partial charge in [-0.15, -0.1) is 0 Å². The number of benzene rings is 2. The topological polar surface area (TPSA) is 78.5 Å². The van der Waals surface area contributed by atoms with Crippen LogP contribution in [0.4, 0.5) is 4.39 Å². The Bertz CT molecular complexity index is 866. The highest BCUT2D eigenvalue weighted by molar-refractivity contribution is 5.94. The van der Waals surface area contributed by atoms with E-state index in [4.69, 9.17) is 0 Å². The molecule has 154 valence electrons. The number of halogens is 1. The molecule has 0 saturated heterocycles. The molecule has 2 rings (SSSR count). The van der Waals surface area contributed by atoms with Gasteiger partial charge in [-0.1, -0.05) is 24.3 Å². The van der Waals surface area contributed by atoms with Crippen LogP contribution >= 0.6 is 0 Å². The highest BCUT2D eigenvalue weighted by Gasteiger charge is 2.14. The van der Waals surface area contributed by atoms with Crippen LogP contribution in [0.3, 0.4) is 0 Å². The molecule has 0 aromatic heterocycles. The number of rotatable bonds is 8. The van der Waals surface area contributed by atoms with Crippen LogP contribution in [-0.2, 0) is 22.6 Å². The average Bonchev–Trinajstić information content (AvgIpc) is 2.70. The summed E-state index contributed by atoms with van der Waals surface area (Å²) in [6, 6.07) is 12.9. The van der Waals surface area contributed by atoms with Crippen molar-refractivity contribution in [3.05, 3.63) is 71.0 Å². The lowest BCUT2D eigenvalue weighted by atomic mass is 10.1. The second kappa shape index (κ2) is 10.4. The molecule has 2 N–H and O–H groups in total. The van der Waals surface area contributed by atoms with Crippen molar-refractivity contribution in [2.75, 3.05) is 13.6 Å². The van der Waals surface area contributed by atoms with Gasteiger partial charge in [-0.05, 0) is 49.2 Å². The van der Waals surface area contributed by atoms with Crippen LogP contribution in [0.15, 0.2) is 48.5 Å². The summed E-state index contributed by atoms with van der Waals surface area (Å²) >= 11 is 0. The van der Waals surface area contributed by atoms with Crippen molar-refractivity contribution in [1.29, 1.82) is 0 Å². The Labute approximate surface area is 170 Å². The molecule has 0 radical (unpaired) electrons. The molecule has 0 saturated carbocycles. The van der Waals surface area contributed by atoms with Gasteiger partial charge in [0.1, 0.15) is 5.82 Å². The fourth-order valence-corrected chi connectivity index (χ4v) is 2.54. The lowest BCUT2D eigenvalue weighted by Crippen LogP contribution is -2.37. The van der Waals surface area contributed by atoms with E-state index in [0.29, 0.717) is 11.1 Å². The number of hydrogen-bond acceptors (Lipinski definition) is 3. The van der Waals surface area contributed by atoms with E-state index in [-0.39, 0.29) is 43.3 Å². The molecule has 0 spiro atoms. The number of amides is 3. The minimum absolute atomic E-state index is 0.00531. The molecule has 6 nitrogen and oxygen atoms in total. The van der Waals surface area contributed by atoms with Gasteiger partial charge in [0.15, 0.2) is 0 Å². The molecule has 7 heteroatoms. The lowest BCUT2D eigenvalue weighted by Gasteiger charge is -2.21. The molecular weight excluding hydrogens is 373 g/mol. The molecule has 29 heavy (non-hydrogen) atoms. The van der Waals surface area contributed by atoms with E-state index >= 15 is 0 Å². The molecule has 0 aliphatic carbocycles. The maximum Gasteiger partial charge on any atom is 0.253 e. The summed E-state index contributed by atoms with van der Waals surface area (Å²) < 4.78 is 13.1. The number of nitrogens with zero attached hydrogens (tertiary/aromatic N) is 1. The first-order chi connectivity index (χ1) is 13.8. The lowest BCUT2D eigenvalue weighted by molar-refractivity contribution is -0.125.